The fourth-order valence-electron chi connectivity index (χ4n) is 5.04. The lowest BCUT2D eigenvalue weighted by Crippen LogP contribution is -2.56. The van der Waals surface area contributed by atoms with Crippen molar-refractivity contribution in [3.8, 4) is 0 Å². The molecule has 4 rings (SSSR count). The van der Waals surface area contributed by atoms with E-state index in [0.717, 1.165) is 16.3 Å². The van der Waals surface area contributed by atoms with Crippen LogP contribution in [-0.4, -0.2) is 59.7 Å². The number of likely N-dealkylation sites (tertiary alicyclic amines) is 1. The van der Waals surface area contributed by atoms with Crippen LogP contribution in [0.2, 0.25) is 0 Å². The summed E-state index contributed by atoms with van der Waals surface area (Å²) in [7, 11) is 0. The molecule has 0 bridgehead atoms. The maximum Gasteiger partial charge on any atom is 0.252 e. The molecule has 210 valence electrons. The summed E-state index contributed by atoms with van der Waals surface area (Å²) in [5.74, 6) is -1.35. The van der Waals surface area contributed by atoms with E-state index in [1.807, 2.05) is 80.6 Å². The Hall–Kier alpha value is -4.04. The molecular formula is C32H37N3O5. The van der Waals surface area contributed by atoms with Gasteiger partial charge >= 0.3 is 0 Å². The van der Waals surface area contributed by atoms with Crippen LogP contribution >= 0.6 is 0 Å². The highest BCUT2D eigenvalue weighted by Crippen LogP contribution is 2.25. The van der Waals surface area contributed by atoms with Gasteiger partial charge in [0.15, 0.2) is 0 Å². The smallest absolute Gasteiger partial charge is 0.252 e. The van der Waals surface area contributed by atoms with Crippen LogP contribution in [0.5, 0.6) is 0 Å². The molecule has 40 heavy (non-hydrogen) atoms. The van der Waals surface area contributed by atoms with Crippen molar-refractivity contribution < 1.29 is 23.9 Å². The van der Waals surface area contributed by atoms with Crippen LogP contribution in [0, 0.1) is 5.92 Å². The second-order valence-corrected chi connectivity index (χ2v) is 10.5. The van der Waals surface area contributed by atoms with Crippen molar-refractivity contribution in [2.45, 2.75) is 64.4 Å². The van der Waals surface area contributed by atoms with Gasteiger partial charge in [-0.25, -0.2) is 0 Å². The zero-order valence-corrected chi connectivity index (χ0v) is 23.2. The third kappa shape index (κ3) is 6.74. The maximum atomic E-state index is 14.0. The Balaban J connectivity index is 1.55. The average Bonchev–Trinajstić information content (AvgIpc) is 3.41. The number of ether oxygens (including phenoxy) is 1. The van der Waals surface area contributed by atoms with E-state index < -0.39 is 24.0 Å². The first-order valence-electron chi connectivity index (χ1n) is 13.8. The number of hydrogen-bond donors (Lipinski definition) is 2. The molecule has 8 nitrogen and oxygen atoms in total. The number of fused-ring (bicyclic) bond motifs is 1. The van der Waals surface area contributed by atoms with Crippen LogP contribution in [-0.2, 0) is 25.7 Å². The van der Waals surface area contributed by atoms with E-state index in [9.17, 15) is 19.2 Å². The summed E-state index contributed by atoms with van der Waals surface area (Å²) >= 11 is 0. The van der Waals surface area contributed by atoms with Crippen LogP contribution < -0.4 is 10.6 Å². The van der Waals surface area contributed by atoms with Crippen molar-refractivity contribution in [3.05, 3.63) is 83.9 Å². The van der Waals surface area contributed by atoms with Gasteiger partial charge in [0.1, 0.15) is 18.4 Å². The van der Waals surface area contributed by atoms with Crippen LogP contribution in [0.1, 0.15) is 49.5 Å². The number of carbonyl (C=O) groups is 4. The molecule has 0 aliphatic carbocycles. The van der Waals surface area contributed by atoms with Gasteiger partial charge in [-0.1, -0.05) is 87.5 Å². The highest BCUT2D eigenvalue weighted by molar-refractivity contribution is 6.08. The summed E-state index contributed by atoms with van der Waals surface area (Å²) in [6.45, 7) is 6.08. The van der Waals surface area contributed by atoms with Crippen LogP contribution in [0.3, 0.4) is 0 Å². The van der Waals surface area contributed by atoms with Crippen molar-refractivity contribution in [2.75, 3.05) is 6.54 Å². The fraction of sp³-hybridized carbons (Fsp3) is 0.375. The summed E-state index contributed by atoms with van der Waals surface area (Å²) in [5.41, 5.74) is 1.47. The Morgan fingerprint density at radius 1 is 0.975 bits per heavy atom. The van der Waals surface area contributed by atoms with Crippen LogP contribution in [0.4, 0.5) is 0 Å². The summed E-state index contributed by atoms with van der Waals surface area (Å²) in [6.07, 6.45) is 1.06. The lowest BCUT2D eigenvalue weighted by molar-refractivity contribution is -0.141. The molecule has 3 amide bonds. The minimum Gasteiger partial charge on any atom is -0.372 e. The van der Waals surface area contributed by atoms with E-state index in [1.165, 1.54) is 4.90 Å². The Bertz CT molecular complexity index is 1340. The predicted octanol–water partition coefficient (Wildman–Crippen LogP) is 3.87. The minimum atomic E-state index is -0.859. The molecule has 1 saturated heterocycles. The molecular weight excluding hydrogens is 506 g/mol. The number of nitrogens with one attached hydrogen (secondary N) is 2. The number of benzene rings is 3. The number of rotatable bonds is 11. The topological polar surface area (TPSA) is 105 Å². The molecule has 2 N–H and O–H groups in total. The summed E-state index contributed by atoms with van der Waals surface area (Å²) in [5, 5.41) is 7.41. The Morgan fingerprint density at radius 2 is 1.68 bits per heavy atom. The molecule has 0 radical (unpaired) electrons. The second-order valence-electron chi connectivity index (χ2n) is 10.5. The maximum absolute atomic E-state index is 14.0. The number of hydrogen-bond acceptors (Lipinski definition) is 5. The number of amides is 3. The van der Waals surface area contributed by atoms with E-state index in [-0.39, 0.29) is 30.4 Å². The quantitative estimate of drug-likeness (QED) is 0.357. The molecule has 1 aliphatic heterocycles. The van der Waals surface area contributed by atoms with Crippen LogP contribution in [0.25, 0.3) is 10.8 Å². The summed E-state index contributed by atoms with van der Waals surface area (Å²) in [4.78, 5) is 53.6. The monoisotopic (exact) mass is 543 g/mol. The van der Waals surface area contributed by atoms with Gasteiger partial charge in [-0.3, -0.25) is 14.4 Å². The predicted molar refractivity (Wildman–Crippen MR) is 153 cm³/mol. The van der Waals surface area contributed by atoms with E-state index in [2.05, 4.69) is 10.6 Å². The molecule has 0 spiro atoms. The van der Waals surface area contributed by atoms with E-state index in [0.29, 0.717) is 31.3 Å². The number of nitrogens with zero attached hydrogens (tertiary/aromatic N) is 1. The molecule has 8 heteroatoms. The zero-order valence-electron chi connectivity index (χ0n) is 23.2. The normalized spacial score (nSPS) is 18.4. The van der Waals surface area contributed by atoms with Gasteiger partial charge in [0.25, 0.3) is 5.91 Å². The highest BCUT2D eigenvalue weighted by atomic mass is 16.5. The molecule has 4 atom stereocenters. The molecule has 1 fully saturated rings. The Labute approximate surface area is 235 Å². The molecule has 3 aromatic carbocycles. The summed E-state index contributed by atoms with van der Waals surface area (Å²) in [6, 6.07) is 20.4. The lowest BCUT2D eigenvalue weighted by Gasteiger charge is -2.31. The van der Waals surface area contributed by atoms with Crippen molar-refractivity contribution in [3.63, 3.8) is 0 Å². The van der Waals surface area contributed by atoms with Crippen molar-refractivity contribution >= 4 is 34.8 Å². The second kappa shape index (κ2) is 13.3. The first kappa shape index (κ1) is 29.0. The molecule has 1 aliphatic rings. The van der Waals surface area contributed by atoms with Crippen molar-refractivity contribution in [1.82, 2.24) is 15.5 Å². The molecule has 0 unspecified atom stereocenters. The number of aldehydes is 1. The SMILES string of the molecule is CC[C@@H](C=O)NC(=O)[C@@H]1C[C@@H](OCc2ccccc2)CN1C(=O)[C@@H](NC(=O)c1cccc2ccccc12)C(C)C. The van der Waals surface area contributed by atoms with Gasteiger partial charge in [0.05, 0.1) is 18.8 Å². The summed E-state index contributed by atoms with van der Waals surface area (Å²) < 4.78 is 6.12. The van der Waals surface area contributed by atoms with E-state index in [1.54, 1.807) is 13.0 Å². The number of carbonyl (C=O) groups excluding carboxylic acids is 4. The highest BCUT2D eigenvalue weighted by Gasteiger charge is 2.43. The average molecular weight is 544 g/mol. The van der Waals surface area contributed by atoms with Gasteiger partial charge < -0.3 is 25.1 Å². The van der Waals surface area contributed by atoms with Crippen LogP contribution in [0.15, 0.2) is 72.8 Å². The van der Waals surface area contributed by atoms with Crippen molar-refractivity contribution in [1.29, 1.82) is 0 Å². The Morgan fingerprint density at radius 3 is 2.38 bits per heavy atom. The first-order chi connectivity index (χ1) is 19.3. The largest absolute Gasteiger partial charge is 0.372 e. The third-order valence-corrected chi connectivity index (χ3v) is 7.36. The zero-order chi connectivity index (χ0) is 28.6. The van der Waals surface area contributed by atoms with E-state index >= 15 is 0 Å². The molecule has 0 saturated carbocycles. The molecule has 1 heterocycles. The standard InChI is InChI=1S/C32H37N3O5/c1-4-24(19-36)33-31(38)28-17-25(40-20-22-11-6-5-7-12-22)18-35(28)32(39)29(21(2)3)34-30(37)27-16-10-14-23-13-8-9-15-26(23)27/h5-16,19,21,24-25,28-29H,4,17-18,20H2,1-3H3,(H,33,38)(H,34,37)/t24-,25+,28-,29-/m0/s1. The van der Waals surface area contributed by atoms with Crippen molar-refractivity contribution in [2.24, 2.45) is 5.92 Å². The Kier molecular flexibility index (Phi) is 9.66. The third-order valence-electron chi connectivity index (χ3n) is 7.36. The van der Waals surface area contributed by atoms with Gasteiger partial charge in [-0.2, -0.15) is 0 Å². The first-order valence-corrected chi connectivity index (χ1v) is 13.8. The van der Waals surface area contributed by atoms with Gasteiger partial charge in [0, 0.05) is 18.5 Å². The van der Waals surface area contributed by atoms with Gasteiger partial charge in [-0.15, -0.1) is 0 Å². The lowest BCUT2D eigenvalue weighted by atomic mass is 10.00. The fourth-order valence-corrected chi connectivity index (χ4v) is 5.04. The van der Waals surface area contributed by atoms with Gasteiger partial charge in [0.2, 0.25) is 11.8 Å². The molecule has 3 aromatic rings. The molecule has 0 aromatic heterocycles. The minimum absolute atomic E-state index is 0.203. The van der Waals surface area contributed by atoms with E-state index in [4.69, 9.17) is 4.74 Å². The van der Waals surface area contributed by atoms with Gasteiger partial charge in [-0.05, 0) is 34.7 Å².